The Morgan fingerprint density at radius 1 is 0.550 bits per heavy atom. The third kappa shape index (κ3) is 17.0. The van der Waals surface area contributed by atoms with Gasteiger partial charge in [-0.25, -0.2) is 30.8 Å². The van der Waals surface area contributed by atoms with Crippen LogP contribution in [0.25, 0.3) is 55.1 Å². The summed E-state index contributed by atoms with van der Waals surface area (Å²) in [6.45, 7) is 4.24. The lowest BCUT2D eigenvalue weighted by Crippen LogP contribution is -2.42. The number of carbonyl (C=O) groups is 6. The van der Waals surface area contributed by atoms with Gasteiger partial charge in [0.1, 0.15) is 30.1 Å². The van der Waals surface area contributed by atoms with Crippen molar-refractivity contribution < 1.29 is 67.7 Å². The van der Waals surface area contributed by atoms with E-state index in [-0.39, 0.29) is 37.5 Å². The Kier molecular flexibility index (Phi) is 23.3. The number of hydrogen-bond donors (Lipinski definition) is 8. The third-order valence-electron chi connectivity index (χ3n) is 21.3. The predicted molar refractivity (Wildman–Crippen MR) is 406 cm³/mol. The van der Waals surface area contributed by atoms with E-state index in [2.05, 4.69) is 39.5 Å². The fourth-order valence-corrected chi connectivity index (χ4v) is 15.0. The number of hydroxylamine groups is 3. The molecule has 3 saturated carbocycles. The van der Waals surface area contributed by atoms with Crippen molar-refractivity contribution in [2.75, 3.05) is 39.9 Å². The van der Waals surface area contributed by atoms with Crippen LogP contribution in [0.3, 0.4) is 0 Å². The number of esters is 1. The molecule has 0 spiro atoms. The lowest BCUT2D eigenvalue weighted by atomic mass is 9.92. The molecule has 23 heteroatoms. The number of ether oxygens (including phenoxy) is 4. The van der Waals surface area contributed by atoms with Gasteiger partial charge < -0.3 is 34.9 Å². The standard InChI is InChI=1S/C35H37FN4O4.C27H24N4O4.C24H23NO5/c36-29-19-24(21-35(22-28(35)33(41)39-43)34(42)37-15-18-40-16-7-2-8-17-40)13-14-32(29)44-23-26-20-31(25-9-3-1-4-10-25)38-30-12-6-5-11-27(26)30;28-26(33)27(14-22(27)25(32)31-34)13-17-7-9-20(10-8-17)35-16-19-12-24(18-4-3-11-29-15-18)30-23-6-2-1-5-21(19)23;1-29-23(27)24(15-21(24)22(26)25-28)18-9-5-10-19(14-18)30-13-12-17-8-4-7-16-6-2-3-11-20(16)17/h1,3-6,9-14,19-20,28,43H,2,7-8,15-18,21-23H2,(H,37,42)(H,39,41);1-12,15,22,34H,13-14,16H2,(H2,28,33)(H,31,32);2-11,14,21,28H,12-13,15H2,1H3,(H,25,26)/t28-,35+;22-,27+;21-,24-/m110/s1. The highest BCUT2D eigenvalue weighted by atomic mass is 19.1. The molecule has 15 rings (SSSR count). The number of fused-ring (bicyclic) bond motifs is 3. The van der Waals surface area contributed by atoms with Gasteiger partial charge in [-0.15, -0.1) is 0 Å². The molecule has 109 heavy (non-hydrogen) atoms. The van der Waals surface area contributed by atoms with E-state index in [0.29, 0.717) is 55.2 Å². The van der Waals surface area contributed by atoms with Gasteiger partial charge in [0.25, 0.3) is 0 Å². The molecule has 558 valence electrons. The minimum absolute atomic E-state index is 0.0939. The van der Waals surface area contributed by atoms with Crippen LogP contribution < -0.4 is 41.7 Å². The summed E-state index contributed by atoms with van der Waals surface area (Å²) < 4.78 is 38.3. The summed E-state index contributed by atoms with van der Waals surface area (Å²) >= 11 is 0. The zero-order valence-electron chi connectivity index (χ0n) is 60.1. The van der Waals surface area contributed by atoms with Crippen molar-refractivity contribution in [1.82, 2.24) is 41.6 Å². The van der Waals surface area contributed by atoms with E-state index in [1.54, 1.807) is 59.2 Å². The van der Waals surface area contributed by atoms with Crippen molar-refractivity contribution in [3.05, 3.63) is 264 Å². The summed E-state index contributed by atoms with van der Waals surface area (Å²) in [5.74, 6) is -4.19. The van der Waals surface area contributed by atoms with Crippen molar-refractivity contribution in [3.63, 3.8) is 0 Å². The maximum absolute atomic E-state index is 15.4. The molecular weight excluding hydrogens is 1390 g/mol. The van der Waals surface area contributed by atoms with Crippen LogP contribution >= 0.6 is 0 Å². The third-order valence-corrected chi connectivity index (χ3v) is 21.3. The Morgan fingerprint density at radius 2 is 1.14 bits per heavy atom. The molecule has 1 aliphatic heterocycles. The minimum atomic E-state index is -1.09. The first kappa shape index (κ1) is 75.2. The molecule has 0 unspecified atom stereocenters. The molecule has 8 aromatic carbocycles. The van der Waals surface area contributed by atoms with Gasteiger partial charge in [0.2, 0.25) is 29.5 Å². The van der Waals surface area contributed by atoms with Crippen LogP contribution in [-0.2, 0) is 71.4 Å². The van der Waals surface area contributed by atoms with Crippen LogP contribution in [0, 0.1) is 34.4 Å². The number of rotatable bonds is 26. The second-order valence-electron chi connectivity index (χ2n) is 28.1. The number of nitrogens with zero attached hydrogens (tertiary/aromatic N) is 4. The second kappa shape index (κ2) is 33.8. The second-order valence-corrected chi connectivity index (χ2v) is 28.1. The highest BCUT2D eigenvalue weighted by Crippen LogP contribution is 2.57. The van der Waals surface area contributed by atoms with Crippen LogP contribution in [0.15, 0.2) is 225 Å². The zero-order valence-corrected chi connectivity index (χ0v) is 60.1. The SMILES string of the molecule is COC(=O)[C@]1(c2cccc(OCCc3cccc4ccccc34)c2)C[C@H]1C(=O)NO.NC(=O)[C@@]1(Cc2ccc(OCc3cc(-c4cccnc4)nc4ccccc34)cc2)C[C@@H]1C(=O)NO.O=C(NO)[C@H]1C[C@]1(Cc1ccc(OCc2cc(-c3ccccc3)nc3ccccc23)c(F)c1)C(=O)NCCN1CCCCC1. The van der Waals surface area contributed by atoms with Crippen LogP contribution in [0.1, 0.15) is 71.9 Å². The summed E-state index contributed by atoms with van der Waals surface area (Å²) in [5.41, 5.74) is 17.8. The molecule has 11 aromatic rings. The van der Waals surface area contributed by atoms with Crippen LogP contribution in [-0.4, -0.2) is 111 Å². The van der Waals surface area contributed by atoms with Crippen molar-refractivity contribution in [2.45, 2.75) is 76.4 Å². The summed E-state index contributed by atoms with van der Waals surface area (Å²) in [5, 5.41) is 34.4. The lowest BCUT2D eigenvalue weighted by molar-refractivity contribution is -0.146. The normalized spacial score (nSPS) is 19.5. The van der Waals surface area contributed by atoms with E-state index in [1.165, 1.54) is 35.9 Å². The Balaban J connectivity index is 0.000000147. The number of amides is 5. The topological polar surface area (TPSA) is 316 Å². The van der Waals surface area contributed by atoms with Gasteiger partial charge in [-0.1, -0.05) is 146 Å². The first-order valence-corrected chi connectivity index (χ1v) is 36.3. The number of methoxy groups -OCH3 is 1. The van der Waals surface area contributed by atoms with Crippen molar-refractivity contribution in [1.29, 1.82) is 0 Å². The first-order chi connectivity index (χ1) is 53.1. The van der Waals surface area contributed by atoms with E-state index in [9.17, 15) is 34.0 Å². The summed E-state index contributed by atoms with van der Waals surface area (Å²) in [7, 11) is 1.29. The highest BCUT2D eigenvalue weighted by Gasteiger charge is 2.66. The Morgan fingerprint density at radius 3 is 1.80 bits per heavy atom. The minimum Gasteiger partial charge on any atom is -0.493 e. The smallest absolute Gasteiger partial charge is 0.317 e. The Labute approximate surface area is 628 Å². The number of aromatic nitrogens is 3. The number of primary amides is 1. The molecule has 5 amide bonds. The predicted octanol–water partition coefficient (Wildman–Crippen LogP) is 12.1. The summed E-state index contributed by atoms with van der Waals surface area (Å²) in [6.07, 6.45) is 9.20. The average Bonchev–Trinajstić information content (AvgIpc) is 1.56. The highest BCUT2D eigenvalue weighted by molar-refractivity contribution is 5.99. The molecule has 22 nitrogen and oxygen atoms in total. The average molecular weight is 1470 g/mol. The van der Waals surface area contributed by atoms with Gasteiger partial charge in [-0.2, -0.15) is 0 Å². The zero-order chi connectivity index (χ0) is 76.1. The van der Waals surface area contributed by atoms with E-state index in [1.807, 2.05) is 152 Å². The Hall–Kier alpha value is -12.0. The first-order valence-electron chi connectivity index (χ1n) is 36.3. The van der Waals surface area contributed by atoms with Crippen molar-refractivity contribution in [3.8, 4) is 39.8 Å². The van der Waals surface area contributed by atoms with E-state index >= 15 is 4.39 Å². The van der Waals surface area contributed by atoms with Crippen LogP contribution in [0.5, 0.6) is 17.2 Å². The lowest BCUT2D eigenvalue weighted by Gasteiger charge is -2.27. The molecule has 0 bridgehead atoms. The molecule has 4 heterocycles. The Bertz CT molecular complexity index is 5130. The van der Waals surface area contributed by atoms with Crippen LogP contribution in [0.4, 0.5) is 4.39 Å². The van der Waals surface area contributed by atoms with E-state index in [4.69, 9.17) is 45.1 Å². The molecule has 3 aromatic heterocycles. The van der Waals surface area contributed by atoms with E-state index in [0.717, 1.165) is 99.9 Å². The largest absolute Gasteiger partial charge is 0.493 e. The number of para-hydroxylation sites is 2. The van der Waals surface area contributed by atoms with E-state index < -0.39 is 69.4 Å². The molecule has 3 aliphatic carbocycles. The number of benzene rings is 8. The maximum Gasteiger partial charge on any atom is 0.317 e. The van der Waals surface area contributed by atoms with Gasteiger partial charge in [0, 0.05) is 64.9 Å². The quantitative estimate of drug-likeness (QED) is 0.0142. The van der Waals surface area contributed by atoms with Gasteiger partial charge in [-0.3, -0.25) is 49.4 Å². The fourth-order valence-electron chi connectivity index (χ4n) is 15.0. The molecule has 0 radical (unpaired) electrons. The number of hydrogen-bond acceptors (Lipinski definition) is 17. The van der Waals surface area contributed by atoms with Gasteiger partial charge in [0.05, 0.1) is 64.7 Å². The van der Waals surface area contributed by atoms with Gasteiger partial charge >= 0.3 is 5.97 Å². The number of likely N-dealkylation sites (tertiary alicyclic amines) is 1. The maximum atomic E-state index is 15.4. The molecule has 9 N–H and O–H groups in total. The number of nitrogens with one attached hydrogen (secondary N) is 4. The molecule has 4 fully saturated rings. The van der Waals surface area contributed by atoms with Crippen molar-refractivity contribution >= 4 is 68.1 Å². The molecule has 4 aliphatic rings. The number of pyridine rings is 3. The number of piperidine rings is 1. The summed E-state index contributed by atoms with van der Waals surface area (Å²) in [6, 6.07) is 67.1. The molecular formula is C86H84FN9O13. The number of halogens is 1. The molecule has 6 atom stereocenters. The fraction of sp³-hybridized carbons (Fsp3) is 0.267. The molecule has 1 saturated heterocycles. The number of nitrogens with two attached hydrogens (primary N) is 1. The van der Waals surface area contributed by atoms with Gasteiger partial charge in [-0.05, 0) is 164 Å². The van der Waals surface area contributed by atoms with Crippen molar-refractivity contribution in [2.24, 2.45) is 34.3 Å². The number of carbonyl (C=O) groups excluding carboxylic acids is 6. The van der Waals surface area contributed by atoms with Gasteiger partial charge in [0.15, 0.2) is 11.6 Å². The monoisotopic (exact) mass is 1470 g/mol. The van der Waals surface area contributed by atoms with Crippen LogP contribution in [0.2, 0.25) is 0 Å². The summed E-state index contributed by atoms with van der Waals surface area (Å²) in [4.78, 5) is 89.9.